The molecule has 9 nitrogen and oxygen atoms in total. The lowest BCUT2D eigenvalue weighted by atomic mass is 10.1. The fourth-order valence-electron chi connectivity index (χ4n) is 4.53. The third kappa shape index (κ3) is 5.40. The third-order valence-corrected chi connectivity index (χ3v) is 7.36. The van der Waals surface area contributed by atoms with Crippen molar-refractivity contribution in [2.75, 3.05) is 19.7 Å². The van der Waals surface area contributed by atoms with E-state index in [2.05, 4.69) is 31.2 Å². The topological polar surface area (TPSA) is 86.8 Å². The Morgan fingerprint density at radius 1 is 1.18 bits per heavy atom. The second-order valence-corrected chi connectivity index (χ2v) is 10.6. The zero-order chi connectivity index (χ0) is 26.9. The van der Waals surface area contributed by atoms with Crippen LogP contribution in [-0.2, 0) is 11.3 Å². The zero-order valence-electron chi connectivity index (χ0n) is 21.0. The molecule has 0 saturated carbocycles. The van der Waals surface area contributed by atoms with Gasteiger partial charge in [0, 0.05) is 29.0 Å². The Kier molecular flexibility index (Phi) is 7.07. The van der Waals surface area contributed by atoms with Crippen LogP contribution in [-0.4, -0.2) is 54.9 Å². The number of aryl methyl sites for hydroxylation is 1. The first-order chi connectivity index (χ1) is 18.9. The van der Waals surface area contributed by atoms with Gasteiger partial charge in [0.1, 0.15) is 29.8 Å². The molecule has 2 aromatic carbocycles. The van der Waals surface area contributed by atoms with Crippen LogP contribution >= 0.6 is 27.5 Å². The van der Waals surface area contributed by atoms with Crippen molar-refractivity contribution in [3.63, 3.8) is 0 Å². The summed E-state index contributed by atoms with van der Waals surface area (Å²) in [6.07, 6.45) is 5.32. The normalized spacial score (nSPS) is 15.6. The van der Waals surface area contributed by atoms with Gasteiger partial charge in [0.05, 0.1) is 35.8 Å². The first-order valence-electron chi connectivity index (χ1n) is 12.4. The van der Waals surface area contributed by atoms with Gasteiger partial charge in [-0.2, -0.15) is 0 Å². The first kappa shape index (κ1) is 25.5. The maximum atomic E-state index is 13.3. The summed E-state index contributed by atoms with van der Waals surface area (Å²) in [5.74, 6) is 0.595. The second kappa shape index (κ2) is 10.8. The number of ether oxygens (including phenoxy) is 2. The minimum absolute atomic E-state index is 0.0750. The van der Waals surface area contributed by atoms with E-state index in [1.165, 1.54) is 0 Å². The lowest BCUT2D eigenvalue weighted by Crippen LogP contribution is -2.42. The number of benzene rings is 2. The Morgan fingerprint density at radius 2 is 2.03 bits per heavy atom. The molecule has 4 heterocycles. The number of pyridine rings is 1. The Morgan fingerprint density at radius 3 is 2.82 bits per heavy atom. The highest BCUT2D eigenvalue weighted by atomic mass is 79.9. The van der Waals surface area contributed by atoms with E-state index in [1.54, 1.807) is 46.1 Å². The molecule has 0 radical (unpaired) electrons. The van der Waals surface area contributed by atoms with E-state index in [0.29, 0.717) is 54.0 Å². The number of carbonyl (C=O) groups is 1. The van der Waals surface area contributed by atoms with Crippen molar-refractivity contribution >= 4 is 39.1 Å². The molecule has 3 aromatic heterocycles. The number of fused-ring (bicyclic) bond motifs is 1. The first-order valence-corrected chi connectivity index (χ1v) is 13.6. The monoisotopic (exact) mass is 606 g/mol. The third-order valence-electron chi connectivity index (χ3n) is 6.57. The Hall–Kier alpha value is -3.73. The number of halogens is 2. The van der Waals surface area contributed by atoms with E-state index in [0.717, 1.165) is 21.4 Å². The minimum atomic E-state index is -0.387. The number of hydrogen-bond acceptors (Lipinski definition) is 6. The van der Waals surface area contributed by atoms with Crippen molar-refractivity contribution in [1.29, 1.82) is 0 Å². The summed E-state index contributed by atoms with van der Waals surface area (Å²) in [6.45, 7) is 3.64. The molecule has 1 aliphatic rings. The van der Waals surface area contributed by atoms with E-state index in [-0.39, 0.29) is 12.0 Å². The number of imidazole rings is 1. The fourth-order valence-corrected chi connectivity index (χ4v) is 5.29. The number of nitrogens with zero attached hydrogens (tertiary/aromatic N) is 6. The van der Waals surface area contributed by atoms with Crippen LogP contribution in [0.5, 0.6) is 5.75 Å². The van der Waals surface area contributed by atoms with Crippen LogP contribution in [0.1, 0.15) is 33.4 Å². The van der Waals surface area contributed by atoms with Crippen LogP contribution in [0.25, 0.3) is 11.3 Å². The zero-order valence-corrected chi connectivity index (χ0v) is 23.3. The van der Waals surface area contributed by atoms with Gasteiger partial charge < -0.3 is 18.8 Å². The number of aromatic nitrogens is 5. The molecule has 39 heavy (non-hydrogen) atoms. The van der Waals surface area contributed by atoms with E-state index >= 15 is 0 Å². The van der Waals surface area contributed by atoms with Crippen molar-refractivity contribution < 1.29 is 14.3 Å². The van der Waals surface area contributed by atoms with E-state index < -0.39 is 0 Å². The van der Waals surface area contributed by atoms with Gasteiger partial charge in [-0.3, -0.25) is 4.79 Å². The molecular weight excluding hydrogens is 584 g/mol. The summed E-state index contributed by atoms with van der Waals surface area (Å²) in [6, 6.07) is 16.7. The maximum Gasteiger partial charge on any atom is 0.254 e. The molecule has 1 amide bonds. The van der Waals surface area contributed by atoms with Gasteiger partial charge in [0.25, 0.3) is 5.91 Å². The van der Waals surface area contributed by atoms with Gasteiger partial charge in [-0.25, -0.2) is 9.67 Å². The molecule has 0 aliphatic carbocycles. The van der Waals surface area contributed by atoms with Crippen molar-refractivity contribution in [3.05, 3.63) is 105 Å². The molecule has 0 bridgehead atoms. The number of hydrogen-bond donors (Lipinski definition) is 0. The minimum Gasteiger partial charge on any atom is -0.487 e. The highest BCUT2D eigenvalue weighted by Crippen LogP contribution is 2.27. The summed E-state index contributed by atoms with van der Waals surface area (Å²) >= 11 is 9.77. The number of carbonyl (C=O) groups excluding carboxylic acids is 1. The van der Waals surface area contributed by atoms with Crippen LogP contribution in [0.4, 0.5) is 0 Å². The van der Waals surface area contributed by atoms with Crippen molar-refractivity contribution in [1.82, 2.24) is 29.3 Å². The van der Waals surface area contributed by atoms with Crippen molar-refractivity contribution in [3.8, 4) is 11.4 Å². The van der Waals surface area contributed by atoms with Crippen LogP contribution in [0.15, 0.2) is 77.7 Å². The quantitative estimate of drug-likeness (QED) is 0.256. The van der Waals surface area contributed by atoms with E-state index in [9.17, 15) is 4.79 Å². The van der Waals surface area contributed by atoms with Gasteiger partial charge in [-0.1, -0.05) is 38.8 Å². The molecule has 5 aromatic rings. The average molecular weight is 608 g/mol. The highest BCUT2D eigenvalue weighted by molar-refractivity contribution is 9.10. The van der Waals surface area contributed by atoms with Gasteiger partial charge in [-0.15, -0.1) is 5.10 Å². The lowest BCUT2D eigenvalue weighted by molar-refractivity contribution is -0.0247. The smallest absolute Gasteiger partial charge is 0.254 e. The standard InChI is InChI=1S/C28H24BrClN6O3/c1-18-3-2-10-34-14-21(31-27(18)34)17-39-22-7-4-19(5-8-22)28(37)35-11-12-38-26(16-35)24-15-36(33-32-24)25-9-6-20(29)13-23(25)30/h2-10,13-15,26H,11-12,16-17H2,1H3. The number of morpholine rings is 1. The van der Waals surface area contributed by atoms with Crippen LogP contribution in [0, 0.1) is 6.92 Å². The molecule has 198 valence electrons. The maximum absolute atomic E-state index is 13.3. The summed E-state index contributed by atoms with van der Waals surface area (Å²) in [4.78, 5) is 19.7. The van der Waals surface area contributed by atoms with Crippen LogP contribution in [0.3, 0.4) is 0 Å². The van der Waals surface area contributed by atoms with E-state index in [4.69, 9.17) is 21.1 Å². The lowest BCUT2D eigenvalue weighted by Gasteiger charge is -2.32. The van der Waals surface area contributed by atoms with Gasteiger partial charge >= 0.3 is 0 Å². The molecule has 1 saturated heterocycles. The predicted octanol–water partition coefficient (Wildman–Crippen LogP) is 5.43. The largest absolute Gasteiger partial charge is 0.487 e. The van der Waals surface area contributed by atoms with Gasteiger partial charge in [0.2, 0.25) is 0 Å². The van der Waals surface area contributed by atoms with Gasteiger partial charge in [-0.05, 0) is 61.0 Å². The molecule has 1 fully saturated rings. The number of rotatable bonds is 6. The highest BCUT2D eigenvalue weighted by Gasteiger charge is 2.28. The summed E-state index contributed by atoms with van der Waals surface area (Å²) in [5, 5.41) is 9.03. The Bertz CT molecular complexity index is 1650. The number of amides is 1. The molecule has 1 atom stereocenters. The Labute approximate surface area is 238 Å². The molecule has 6 rings (SSSR count). The van der Waals surface area contributed by atoms with Crippen LogP contribution in [0.2, 0.25) is 5.02 Å². The Balaban J connectivity index is 1.09. The molecule has 0 spiro atoms. The van der Waals surface area contributed by atoms with Gasteiger partial charge in [0.15, 0.2) is 0 Å². The fraction of sp³-hybridized carbons (Fsp3) is 0.214. The summed E-state index contributed by atoms with van der Waals surface area (Å²) in [5.41, 5.74) is 4.79. The average Bonchev–Trinajstić information content (AvgIpc) is 3.60. The van der Waals surface area contributed by atoms with Crippen LogP contribution < -0.4 is 4.74 Å². The molecule has 0 N–H and O–H groups in total. The summed E-state index contributed by atoms with van der Waals surface area (Å²) < 4.78 is 16.3. The SMILES string of the molecule is Cc1cccn2cc(COc3ccc(C(=O)N4CCOC(c5cn(-c6ccc(Br)cc6Cl)nn5)C4)cc3)nc12. The second-order valence-electron chi connectivity index (χ2n) is 9.26. The molecular formula is C28H24BrClN6O3. The summed E-state index contributed by atoms with van der Waals surface area (Å²) in [7, 11) is 0. The van der Waals surface area contributed by atoms with Crippen molar-refractivity contribution in [2.24, 2.45) is 0 Å². The predicted molar refractivity (Wildman–Crippen MR) is 149 cm³/mol. The van der Waals surface area contributed by atoms with E-state index in [1.807, 2.05) is 48.0 Å². The molecule has 1 unspecified atom stereocenters. The van der Waals surface area contributed by atoms with Crippen molar-refractivity contribution in [2.45, 2.75) is 19.6 Å². The molecule has 1 aliphatic heterocycles. The molecule has 11 heteroatoms.